The Labute approximate surface area is 125 Å². The van der Waals surface area contributed by atoms with Crippen LogP contribution in [0, 0.1) is 33.5 Å². The predicted molar refractivity (Wildman–Crippen MR) is 85.2 cm³/mol. The predicted octanol–water partition coefficient (Wildman–Crippen LogP) is 4.34. The van der Waals surface area contributed by atoms with E-state index in [2.05, 4.69) is 22.4 Å². The Morgan fingerprint density at radius 2 is 1.76 bits per heavy atom. The second kappa shape index (κ2) is 6.20. The summed E-state index contributed by atoms with van der Waals surface area (Å²) in [5.74, 6) is 0.543. The fourth-order valence-corrected chi connectivity index (χ4v) is 2.47. The number of aryl methyl sites for hydroxylation is 2. The van der Waals surface area contributed by atoms with E-state index in [0.717, 1.165) is 41.0 Å². The van der Waals surface area contributed by atoms with Crippen molar-refractivity contribution in [3.63, 3.8) is 0 Å². The van der Waals surface area contributed by atoms with Crippen molar-refractivity contribution < 1.29 is 4.39 Å². The van der Waals surface area contributed by atoms with Gasteiger partial charge in [0.2, 0.25) is 0 Å². The minimum Gasteiger partial charge on any atom is -0.368 e. The summed E-state index contributed by atoms with van der Waals surface area (Å²) < 4.78 is 14.3. The van der Waals surface area contributed by atoms with Gasteiger partial charge in [0.1, 0.15) is 5.82 Å². The topological polar surface area (TPSA) is 37.8 Å². The van der Waals surface area contributed by atoms with Crippen LogP contribution in [0.2, 0.25) is 0 Å². The van der Waals surface area contributed by atoms with Crippen LogP contribution in [-0.2, 0) is 0 Å². The van der Waals surface area contributed by atoms with Gasteiger partial charge in [-0.3, -0.25) is 0 Å². The summed E-state index contributed by atoms with van der Waals surface area (Å²) in [5, 5.41) is 11.7. The SMILES string of the molecule is CCCNc1nnc(-c2c(C)cc(C)cc2F)c(C)c1C. The van der Waals surface area contributed by atoms with E-state index in [9.17, 15) is 4.39 Å². The molecule has 0 bridgehead atoms. The summed E-state index contributed by atoms with van der Waals surface area (Å²) in [6.07, 6.45) is 1.02. The van der Waals surface area contributed by atoms with Crippen molar-refractivity contribution in [3.05, 3.63) is 40.2 Å². The number of rotatable bonds is 4. The van der Waals surface area contributed by atoms with E-state index in [1.165, 1.54) is 0 Å². The van der Waals surface area contributed by atoms with Crippen molar-refractivity contribution >= 4 is 5.82 Å². The van der Waals surface area contributed by atoms with Crippen LogP contribution in [0.5, 0.6) is 0 Å². The zero-order valence-electron chi connectivity index (χ0n) is 13.3. The molecule has 2 rings (SSSR count). The first-order valence-electron chi connectivity index (χ1n) is 7.30. The number of nitrogens with zero attached hydrogens (tertiary/aromatic N) is 2. The molecular formula is C17H22FN3. The highest BCUT2D eigenvalue weighted by atomic mass is 19.1. The molecule has 1 N–H and O–H groups in total. The molecule has 2 aromatic rings. The highest BCUT2D eigenvalue weighted by Crippen LogP contribution is 2.31. The van der Waals surface area contributed by atoms with Gasteiger partial charge in [-0.05, 0) is 62.4 Å². The van der Waals surface area contributed by atoms with Gasteiger partial charge in [0.25, 0.3) is 0 Å². The zero-order valence-corrected chi connectivity index (χ0v) is 13.3. The van der Waals surface area contributed by atoms with Crippen molar-refractivity contribution in [2.75, 3.05) is 11.9 Å². The third-order valence-electron chi connectivity index (χ3n) is 3.73. The fourth-order valence-electron chi connectivity index (χ4n) is 2.47. The van der Waals surface area contributed by atoms with E-state index >= 15 is 0 Å². The Morgan fingerprint density at radius 1 is 1.05 bits per heavy atom. The summed E-state index contributed by atoms with van der Waals surface area (Å²) in [6, 6.07) is 3.51. The van der Waals surface area contributed by atoms with Gasteiger partial charge in [-0.2, -0.15) is 0 Å². The second-order valence-corrected chi connectivity index (χ2v) is 5.51. The van der Waals surface area contributed by atoms with Crippen molar-refractivity contribution in [2.45, 2.75) is 41.0 Å². The van der Waals surface area contributed by atoms with Crippen molar-refractivity contribution in [1.29, 1.82) is 0 Å². The fraction of sp³-hybridized carbons (Fsp3) is 0.412. The molecule has 112 valence electrons. The van der Waals surface area contributed by atoms with E-state index in [0.29, 0.717) is 11.3 Å². The Balaban J connectivity index is 2.54. The Hall–Kier alpha value is -1.97. The molecule has 0 unspecified atom stereocenters. The quantitative estimate of drug-likeness (QED) is 0.909. The van der Waals surface area contributed by atoms with E-state index in [4.69, 9.17) is 0 Å². The lowest BCUT2D eigenvalue weighted by atomic mass is 9.97. The number of aromatic nitrogens is 2. The third kappa shape index (κ3) is 3.04. The molecule has 0 aliphatic heterocycles. The molecule has 0 radical (unpaired) electrons. The highest BCUT2D eigenvalue weighted by molar-refractivity contribution is 5.70. The number of hydrogen-bond donors (Lipinski definition) is 1. The average Bonchev–Trinajstić information content (AvgIpc) is 2.41. The summed E-state index contributed by atoms with van der Waals surface area (Å²) in [4.78, 5) is 0. The van der Waals surface area contributed by atoms with Crippen LogP contribution in [-0.4, -0.2) is 16.7 Å². The van der Waals surface area contributed by atoms with Crippen LogP contribution in [0.1, 0.15) is 35.6 Å². The average molecular weight is 287 g/mol. The third-order valence-corrected chi connectivity index (χ3v) is 3.73. The maximum Gasteiger partial charge on any atom is 0.151 e. The van der Waals surface area contributed by atoms with Gasteiger partial charge < -0.3 is 5.32 Å². The molecule has 0 saturated heterocycles. The van der Waals surface area contributed by atoms with E-state index < -0.39 is 0 Å². The van der Waals surface area contributed by atoms with Crippen molar-refractivity contribution in [1.82, 2.24) is 10.2 Å². The van der Waals surface area contributed by atoms with Gasteiger partial charge in [0.05, 0.1) is 5.69 Å². The molecule has 0 aliphatic rings. The minimum atomic E-state index is -0.237. The molecule has 1 aromatic heterocycles. The monoisotopic (exact) mass is 287 g/mol. The van der Waals surface area contributed by atoms with E-state index in [1.807, 2.05) is 33.8 Å². The summed E-state index contributed by atoms with van der Waals surface area (Å²) >= 11 is 0. The maximum atomic E-state index is 14.3. The molecule has 1 aromatic carbocycles. The minimum absolute atomic E-state index is 0.237. The van der Waals surface area contributed by atoms with E-state index in [-0.39, 0.29) is 5.82 Å². The second-order valence-electron chi connectivity index (χ2n) is 5.51. The first-order valence-corrected chi connectivity index (χ1v) is 7.30. The number of anilines is 1. The Bertz CT molecular complexity index is 642. The largest absolute Gasteiger partial charge is 0.368 e. The smallest absolute Gasteiger partial charge is 0.151 e. The lowest BCUT2D eigenvalue weighted by Crippen LogP contribution is -2.08. The molecule has 0 atom stereocenters. The molecule has 4 heteroatoms. The molecule has 1 heterocycles. The number of nitrogens with one attached hydrogen (secondary N) is 1. The molecule has 3 nitrogen and oxygen atoms in total. The molecule has 0 spiro atoms. The lowest BCUT2D eigenvalue weighted by Gasteiger charge is -2.14. The van der Waals surface area contributed by atoms with Gasteiger partial charge in [-0.15, -0.1) is 10.2 Å². The molecular weight excluding hydrogens is 265 g/mol. The molecule has 0 saturated carbocycles. The summed E-state index contributed by atoms with van der Waals surface area (Å²) in [6.45, 7) is 10.7. The van der Waals surface area contributed by atoms with Crippen LogP contribution >= 0.6 is 0 Å². The number of halogens is 1. The molecule has 0 amide bonds. The summed E-state index contributed by atoms with van der Waals surface area (Å²) in [5.41, 5.74) is 4.97. The van der Waals surface area contributed by atoms with E-state index in [1.54, 1.807) is 6.07 Å². The van der Waals surface area contributed by atoms with Crippen molar-refractivity contribution in [2.24, 2.45) is 0 Å². The van der Waals surface area contributed by atoms with Gasteiger partial charge in [0.15, 0.2) is 5.82 Å². The zero-order chi connectivity index (χ0) is 15.6. The van der Waals surface area contributed by atoms with Crippen molar-refractivity contribution in [3.8, 4) is 11.3 Å². The highest BCUT2D eigenvalue weighted by Gasteiger charge is 2.16. The van der Waals surface area contributed by atoms with Crippen LogP contribution < -0.4 is 5.32 Å². The number of benzene rings is 1. The van der Waals surface area contributed by atoms with Gasteiger partial charge in [-0.25, -0.2) is 4.39 Å². The van der Waals surface area contributed by atoms with Gasteiger partial charge >= 0.3 is 0 Å². The normalized spacial score (nSPS) is 10.8. The standard InChI is InChI=1S/C17H22FN3/c1-6-7-19-17-13(5)12(4)16(20-21-17)15-11(3)8-10(2)9-14(15)18/h8-9H,6-7H2,1-5H3,(H,19,21). The molecule has 0 fully saturated rings. The van der Waals surface area contributed by atoms with Crippen LogP contribution in [0.4, 0.5) is 10.2 Å². The van der Waals surface area contributed by atoms with Crippen LogP contribution in [0.25, 0.3) is 11.3 Å². The van der Waals surface area contributed by atoms with Gasteiger partial charge in [-0.1, -0.05) is 13.0 Å². The van der Waals surface area contributed by atoms with Crippen LogP contribution in [0.3, 0.4) is 0 Å². The molecule has 21 heavy (non-hydrogen) atoms. The maximum absolute atomic E-state index is 14.3. The van der Waals surface area contributed by atoms with Crippen LogP contribution in [0.15, 0.2) is 12.1 Å². The van der Waals surface area contributed by atoms with Gasteiger partial charge in [0, 0.05) is 12.1 Å². The first-order chi connectivity index (χ1) is 9.95. The summed E-state index contributed by atoms with van der Waals surface area (Å²) in [7, 11) is 0. The lowest BCUT2D eigenvalue weighted by molar-refractivity contribution is 0.627. The number of hydrogen-bond acceptors (Lipinski definition) is 3. The Kier molecular flexibility index (Phi) is 4.56. The first kappa shape index (κ1) is 15.4. The Morgan fingerprint density at radius 3 is 2.38 bits per heavy atom. The molecule has 0 aliphatic carbocycles.